The number of hydrogen-bond donors (Lipinski definition) is 1. The molecule has 0 aliphatic carbocycles. The SMILES string of the molecule is Cn1cc(CC(=O)Nc2ccc(F)cc2-c2ccc(F)c(F)c2)c(C(F)(F)F)n1. The van der Waals surface area contributed by atoms with Crippen molar-refractivity contribution in [3.63, 3.8) is 0 Å². The third-order valence-electron chi connectivity index (χ3n) is 4.01. The molecule has 0 aliphatic heterocycles. The quantitative estimate of drug-likeness (QED) is 0.630. The van der Waals surface area contributed by atoms with Crippen molar-refractivity contribution >= 4 is 11.6 Å². The third kappa shape index (κ3) is 4.58. The first-order valence-corrected chi connectivity index (χ1v) is 8.19. The summed E-state index contributed by atoms with van der Waals surface area (Å²) < 4.78 is 80.4. The molecule has 29 heavy (non-hydrogen) atoms. The summed E-state index contributed by atoms with van der Waals surface area (Å²) in [6, 6.07) is 6.04. The highest BCUT2D eigenvalue weighted by molar-refractivity contribution is 5.96. The van der Waals surface area contributed by atoms with Gasteiger partial charge in [0.2, 0.25) is 5.91 Å². The highest BCUT2D eigenvalue weighted by atomic mass is 19.4. The molecule has 2 aromatic carbocycles. The zero-order valence-corrected chi connectivity index (χ0v) is 14.8. The molecule has 1 aromatic heterocycles. The maximum absolute atomic E-state index is 13.7. The second-order valence-electron chi connectivity index (χ2n) is 6.22. The van der Waals surface area contributed by atoms with Crippen LogP contribution < -0.4 is 5.32 Å². The normalized spacial score (nSPS) is 11.6. The molecular formula is C19H13F6N3O. The number of aryl methyl sites for hydroxylation is 1. The molecular weight excluding hydrogens is 400 g/mol. The minimum atomic E-state index is -4.73. The van der Waals surface area contributed by atoms with Crippen molar-refractivity contribution in [2.24, 2.45) is 7.05 Å². The maximum Gasteiger partial charge on any atom is 0.435 e. The van der Waals surface area contributed by atoms with E-state index in [0.29, 0.717) is 0 Å². The van der Waals surface area contributed by atoms with E-state index >= 15 is 0 Å². The monoisotopic (exact) mass is 413 g/mol. The van der Waals surface area contributed by atoms with E-state index in [2.05, 4.69) is 10.4 Å². The minimum Gasteiger partial charge on any atom is -0.325 e. The molecule has 0 atom stereocenters. The molecule has 0 unspecified atom stereocenters. The molecule has 0 saturated carbocycles. The van der Waals surface area contributed by atoms with Gasteiger partial charge < -0.3 is 5.32 Å². The van der Waals surface area contributed by atoms with Crippen molar-refractivity contribution in [3.05, 3.63) is 71.3 Å². The number of nitrogens with zero attached hydrogens (tertiary/aromatic N) is 2. The predicted molar refractivity (Wildman–Crippen MR) is 92.3 cm³/mol. The van der Waals surface area contributed by atoms with E-state index in [-0.39, 0.29) is 22.4 Å². The van der Waals surface area contributed by atoms with E-state index in [4.69, 9.17) is 0 Å². The molecule has 1 amide bonds. The number of alkyl halides is 3. The van der Waals surface area contributed by atoms with Gasteiger partial charge in [-0.25, -0.2) is 13.2 Å². The van der Waals surface area contributed by atoms with Gasteiger partial charge in [-0.1, -0.05) is 6.07 Å². The van der Waals surface area contributed by atoms with Gasteiger partial charge in [0.25, 0.3) is 0 Å². The molecule has 10 heteroatoms. The van der Waals surface area contributed by atoms with Crippen LogP contribution in [0, 0.1) is 17.5 Å². The zero-order valence-electron chi connectivity index (χ0n) is 14.8. The van der Waals surface area contributed by atoms with Crippen LogP contribution in [0.25, 0.3) is 11.1 Å². The van der Waals surface area contributed by atoms with E-state index in [1.165, 1.54) is 19.2 Å². The summed E-state index contributed by atoms with van der Waals surface area (Å²) in [6.07, 6.45) is -4.30. The number of carbonyl (C=O) groups excluding carboxylic acids is 1. The van der Waals surface area contributed by atoms with Gasteiger partial charge in [-0.15, -0.1) is 0 Å². The fraction of sp³-hybridized carbons (Fsp3) is 0.158. The molecule has 0 fully saturated rings. The average molecular weight is 413 g/mol. The summed E-state index contributed by atoms with van der Waals surface area (Å²) in [7, 11) is 1.29. The fourth-order valence-electron chi connectivity index (χ4n) is 2.80. The summed E-state index contributed by atoms with van der Waals surface area (Å²) in [5, 5.41) is 5.70. The number of rotatable bonds is 4. The van der Waals surface area contributed by atoms with Gasteiger partial charge >= 0.3 is 6.18 Å². The number of amides is 1. The molecule has 3 aromatic rings. The summed E-state index contributed by atoms with van der Waals surface area (Å²) in [4.78, 5) is 12.3. The second kappa shape index (κ2) is 7.61. The van der Waals surface area contributed by atoms with Crippen molar-refractivity contribution in [2.45, 2.75) is 12.6 Å². The van der Waals surface area contributed by atoms with Crippen LogP contribution in [0.1, 0.15) is 11.3 Å². The molecule has 4 nitrogen and oxygen atoms in total. The van der Waals surface area contributed by atoms with Crippen LogP contribution in [-0.4, -0.2) is 15.7 Å². The van der Waals surface area contributed by atoms with Crippen molar-refractivity contribution < 1.29 is 31.1 Å². The Morgan fingerprint density at radius 1 is 1.07 bits per heavy atom. The lowest BCUT2D eigenvalue weighted by Gasteiger charge is -2.12. The van der Waals surface area contributed by atoms with Crippen LogP contribution in [0.4, 0.5) is 32.0 Å². The molecule has 0 bridgehead atoms. The number of nitrogens with one attached hydrogen (secondary N) is 1. The second-order valence-corrected chi connectivity index (χ2v) is 6.22. The van der Waals surface area contributed by atoms with Crippen molar-refractivity contribution in [1.82, 2.24) is 9.78 Å². The number of halogens is 6. The van der Waals surface area contributed by atoms with E-state index in [1.54, 1.807) is 0 Å². The first-order chi connectivity index (χ1) is 13.5. The lowest BCUT2D eigenvalue weighted by Crippen LogP contribution is -2.18. The third-order valence-corrected chi connectivity index (χ3v) is 4.01. The Morgan fingerprint density at radius 2 is 1.79 bits per heavy atom. The topological polar surface area (TPSA) is 46.9 Å². The Bertz CT molecular complexity index is 1070. The van der Waals surface area contributed by atoms with Gasteiger partial charge in [0.15, 0.2) is 17.3 Å². The summed E-state index contributed by atoms with van der Waals surface area (Å²) in [6.45, 7) is 0. The highest BCUT2D eigenvalue weighted by Crippen LogP contribution is 2.32. The Labute approximate surface area is 160 Å². The first kappa shape index (κ1) is 20.4. The van der Waals surface area contributed by atoms with Crippen LogP contribution >= 0.6 is 0 Å². The van der Waals surface area contributed by atoms with Crippen LogP contribution in [0.2, 0.25) is 0 Å². The summed E-state index contributed by atoms with van der Waals surface area (Å²) in [5.74, 6) is -3.80. The number of aromatic nitrogens is 2. The van der Waals surface area contributed by atoms with Crippen LogP contribution in [0.15, 0.2) is 42.6 Å². The Balaban J connectivity index is 1.89. The maximum atomic E-state index is 13.7. The lowest BCUT2D eigenvalue weighted by molar-refractivity contribution is -0.142. The minimum absolute atomic E-state index is 0.0276. The predicted octanol–water partition coefficient (Wildman–Crippen LogP) is 4.70. The molecule has 0 spiro atoms. The molecule has 1 heterocycles. The van der Waals surface area contributed by atoms with Crippen LogP contribution in [0.5, 0.6) is 0 Å². The molecule has 0 saturated heterocycles. The average Bonchev–Trinajstić information content (AvgIpc) is 2.99. The number of carbonyl (C=O) groups is 1. The van der Waals surface area contributed by atoms with Crippen molar-refractivity contribution in [2.75, 3.05) is 5.32 Å². The highest BCUT2D eigenvalue weighted by Gasteiger charge is 2.37. The molecule has 152 valence electrons. The Kier molecular flexibility index (Phi) is 5.36. The smallest absolute Gasteiger partial charge is 0.325 e. The number of benzene rings is 2. The molecule has 1 N–H and O–H groups in total. The van der Waals surface area contributed by atoms with Gasteiger partial charge in [-0.05, 0) is 35.9 Å². The van der Waals surface area contributed by atoms with Gasteiger partial charge in [0, 0.05) is 30.1 Å². The van der Waals surface area contributed by atoms with Crippen molar-refractivity contribution in [1.29, 1.82) is 0 Å². The van der Waals surface area contributed by atoms with Crippen molar-refractivity contribution in [3.8, 4) is 11.1 Å². The molecule has 0 radical (unpaired) electrons. The largest absolute Gasteiger partial charge is 0.435 e. The first-order valence-electron chi connectivity index (χ1n) is 8.19. The van der Waals surface area contributed by atoms with E-state index in [1.807, 2.05) is 0 Å². The van der Waals surface area contributed by atoms with E-state index in [0.717, 1.165) is 35.1 Å². The van der Waals surface area contributed by atoms with Crippen LogP contribution in [0.3, 0.4) is 0 Å². The van der Waals surface area contributed by atoms with Crippen LogP contribution in [-0.2, 0) is 24.4 Å². The number of hydrogen-bond acceptors (Lipinski definition) is 2. The molecule has 0 aliphatic rings. The van der Waals surface area contributed by atoms with Gasteiger partial charge in [-0.2, -0.15) is 18.3 Å². The Morgan fingerprint density at radius 3 is 2.45 bits per heavy atom. The zero-order chi connectivity index (χ0) is 21.3. The van der Waals surface area contributed by atoms with Gasteiger partial charge in [0.05, 0.1) is 6.42 Å². The lowest BCUT2D eigenvalue weighted by atomic mass is 10.0. The Hall–Kier alpha value is -3.30. The standard InChI is InChI=1S/C19H13F6N3O/c1-28-9-11(18(27-28)19(23,24)25)7-17(29)26-16-5-3-12(20)8-13(16)10-2-4-14(21)15(22)6-10/h2-6,8-9H,7H2,1H3,(H,26,29). The van der Waals surface area contributed by atoms with E-state index in [9.17, 15) is 31.1 Å². The van der Waals surface area contributed by atoms with E-state index < -0.39 is 41.6 Å². The van der Waals surface area contributed by atoms with Gasteiger partial charge in [0.1, 0.15) is 5.82 Å². The summed E-state index contributed by atoms with van der Waals surface area (Å²) >= 11 is 0. The van der Waals surface area contributed by atoms with Gasteiger partial charge in [-0.3, -0.25) is 9.48 Å². The fourth-order valence-corrected chi connectivity index (χ4v) is 2.80. The number of anilines is 1. The summed E-state index contributed by atoms with van der Waals surface area (Å²) in [5.41, 5.74) is -1.38. The molecule has 3 rings (SSSR count).